The Balaban J connectivity index is 2.23. The minimum absolute atomic E-state index is 0.636. The standard InChI is InChI=1S/C15H24N2/c1-11(2)7-13-8-16-9-14-10-17(12(3)4)6-5-15(13)14/h8-9,11-12H,5-7,10H2,1-4H3. The Kier molecular flexibility index (Phi) is 3.82. The van der Waals surface area contributed by atoms with Crippen molar-refractivity contribution in [2.45, 2.75) is 53.1 Å². The van der Waals surface area contributed by atoms with Gasteiger partial charge in [-0.25, -0.2) is 0 Å². The van der Waals surface area contributed by atoms with E-state index >= 15 is 0 Å². The lowest BCUT2D eigenvalue weighted by atomic mass is 9.92. The molecule has 1 aliphatic heterocycles. The molecule has 0 N–H and O–H groups in total. The number of nitrogens with zero attached hydrogens (tertiary/aromatic N) is 2. The van der Waals surface area contributed by atoms with Crippen molar-refractivity contribution in [2.24, 2.45) is 5.92 Å². The fraction of sp³-hybridized carbons (Fsp3) is 0.667. The van der Waals surface area contributed by atoms with Crippen molar-refractivity contribution in [2.75, 3.05) is 6.54 Å². The number of aromatic nitrogens is 1. The van der Waals surface area contributed by atoms with Gasteiger partial charge in [-0.05, 0) is 49.3 Å². The van der Waals surface area contributed by atoms with Gasteiger partial charge in [0.15, 0.2) is 0 Å². The SMILES string of the molecule is CC(C)Cc1cncc2c1CCN(C(C)C)C2. The topological polar surface area (TPSA) is 16.1 Å². The maximum absolute atomic E-state index is 4.42. The summed E-state index contributed by atoms with van der Waals surface area (Å²) in [5.74, 6) is 0.714. The summed E-state index contributed by atoms with van der Waals surface area (Å²) < 4.78 is 0. The molecule has 1 aromatic heterocycles. The second-order valence-electron chi connectivity index (χ2n) is 5.85. The molecule has 0 saturated heterocycles. The minimum Gasteiger partial charge on any atom is -0.296 e. The summed E-state index contributed by atoms with van der Waals surface area (Å²) >= 11 is 0. The third-order valence-corrected chi connectivity index (χ3v) is 3.62. The Hall–Kier alpha value is -0.890. The zero-order chi connectivity index (χ0) is 12.4. The molecular formula is C15H24N2. The first kappa shape index (κ1) is 12.6. The molecule has 2 rings (SSSR count). The average molecular weight is 232 g/mol. The van der Waals surface area contributed by atoms with E-state index in [-0.39, 0.29) is 0 Å². The molecule has 94 valence electrons. The summed E-state index contributed by atoms with van der Waals surface area (Å²) in [6, 6.07) is 0.636. The highest BCUT2D eigenvalue weighted by Gasteiger charge is 2.20. The summed E-state index contributed by atoms with van der Waals surface area (Å²) in [5.41, 5.74) is 4.50. The maximum atomic E-state index is 4.42. The maximum Gasteiger partial charge on any atom is 0.0315 e. The number of rotatable bonds is 3. The Labute approximate surface area is 105 Å². The minimum atomic E-state index is 0.636. The van der Waals surface area contributed by atoms with E-state index in [2.05, 4.69) is 50.0 Å². The van der Waals surface area contributed by atoms with Gasteiger partial charge in [0.2, 0.25) is 0 Å². The van der Waals surface area contributed by atoms with Crippen molar-refractivity contribution in [3.8, 4) is 0 Å². The van der Waals surface area contributed by atoms with Crippen LogP contribution in [0.15, 0.2) is 12.4 Å². The smallest absolute Gasteiger partial charge is 0.0315 e. The first-order chi connectivity index (χ1) is 8.08. The lowest BCUT2D eigenvalue weighted by Gasteiger charge is -2.32. The lowest BCUT2D eigenvalue weighted by Crippen LogP contribution is -2.36. The van der Waals surface area contributed by atoms with E-state index in [4.69, 9.17) is 0 Å². The fourth-order valence-electron chi connectivity index (χ4n) is 2.65. The first-order valence-electron chi connectivity index (χ1n) is 6.76. The lowest BCUT2D eigenvalue weighted by molar-refractivity contribution is 0.202. The summed E-state index contributed by atoms with van der Waals surface area (Å²) in [6.07, 6.45) is 6.49. The van der Waals surface area contributed by atoms with E-state index in [1.54, 1.807) is 5.56 Å². The number of pyridine rings is 1. The van der Waals surface area contributed by atoms with Crippen LogP contribution in [-0.4, -0.2) is 22.5 Å². The Morgan fingerprint density at radius 3 is 2.65 bits per heavy atom. The summed E-state index contributed by atoms with van der Waals surface area (Å²) in [5, 5.41) is 0. The Morgan fingerprint density at radius 1 is 1.24 bits per heavy atom. The van der Waals surface area contributed by atoms with Crippen molar-refractivity contribution < 1.29 is 0 Å². The highest BCUT2D eigenvalue weighted by atomic mass is 15.1. The average Bonchev–Trinajstić information content (AvgIpc) is 2.28. The van der Waals surface area contributed by atoms with Crippen LogP contribution in [0.1, 0.15) is 44.4 Å². The van der Waals surface area contributed by atoms with Gasteiger partial charge in [0, 0.05) is 31.5 Å². The van der Waals surface area contributed by atoms with Crippen molar-refractivity contribution in [1.29, 1.82) is 0 Å². The van der Waals surface area contributed by atoms with Gasteiger partial charge >= 0.3 is 0 Å². The zero-order valence-corrected chi connectivity index (χ0v) is 11.5. The predicted octanol–water partition coefficient (Wildman–Crippen LogP) is 3.05. The molecule has 0 bridgehead atoms. The van der Waals surface area contributed by atoms with Crippen molar-refractivity contribution in [3.63, 3.8) is 0 Å². The molecule has 1 aromatic rings. The molecule has 0 aliphatic carbocycles. The van der Waals surface area contributed by atoms with Gasteiger partial charge in [-0.15, -0.1) is 0 Å². The predicted molar refractivity (Wildman–Crippen MR) is 72.0 cm³/mol. The van der Waals surface area contributed by atoms with E-state index < -0.39 is 0 Å². The molecule has 17 heavy (non-hydrogen) atoms. The normalized spacial score (nSPS) is 16.6. The highest BCUT2D eigenvalue weighted by Crippen LogP contribution is 2.24. The van der Waals surface area contributed by atoms with E-state index in [0.29, 0.717) is 12.0 Å². The van der Waals surface area contributed by atoms with E-state index in [1.165, 1.54) is 24.1 Å². The van der Waals surface area contributed by atoms with Crippen LogP contribution >= 0.6 is 0 Å². The van der Waals surface area contributed by atoms with Crippen LogP contribution in [0, 0.1) is 5.92 Å². The van der Waals surface area contributed by atoms with Crippen LogP contribution in [0.5, 0.6) is 0 Å². The molecule has 0 radical (unpaired) electrons. The van der Waals surface area contributed by atoms with Crippen molar-refractivity contribution in [1.82, 2.24) is 9.88 Å². The molecular weight excluding hydrogens is 208 g/mol. The number of hydrogen-bond donors (Lipinski definition) is 0. The summed E-state index contributed by atoms with van der Waals surface area (Å²) in [7, 11) is 0. The van der Waals surface area contributed by atoms with E-state index in [0.717, 1.165) is 13.0 Å². The molecule has 0 spiro atoms. The second-order valence-corrected chi connectivity index (χ2v) is 5.85. The molecule has 0 saturated carbocycles. The van der Waals surface area contributed by atoms with Crippen LogP contribution in [0.4, 0.5) is 0 Å². The molecule has 0 atom stereocenters. The molecule has 2 nitrogen and oxygen atoms in total. The van der Waals surface area contributed by atoms with Gasteiger partial charge in [0.1, 0.15) is 0 Å². The Bertz CT molecular complexity index is 383. The first-order valence-corrected chi connectivity index (χ1v) is 6.76. The molecule has 2 heteroatoms. The summed E-state index contributed by atoms with van der Waals surface area (Å²) in [4.78, 5) is 6.95. The van der Waals surface area contributed by atoms with Crippen molar-refractivity contribution in [3.05, 3.63) is 29.1 Å². The largest absolute Gasteiger partial charge is 0.296 e. The fourth-order valence-corrected chi connectivity index (χ4v) is 2.65. The summed E-state index contributed by atoms with van der Waals surface area (Å²) in [6.45, 7) is 11.4. The zero-order valence-electron chi connectivity index (χ0n) is 11.5. The molecule has 0 amide bonds. The van der Waals surface area contributed by atoms with Crippen LogP contribution in [0.3, 0.4) is 0 Å². The van der Waals surface area contributed by atoms with Crippen LogP contribution < -0.4 is 0 Å². The third kappa shape index (κ3) is 2.86. The molecule has 1 aliphatic rings. The molecule has 0 aromatic carbocycles. The van der Waals surface area contributed by atoms with Crippen LogP contribution in [0.25, 0.3) is 0 Å². The van der Waals surface area contributed by atoms with Gasteiger partial charge in [-0.3, -0.25) is 9.88 Å². The highest BCUT2D eigenvalue weighted by molar-refractivity contribution is 5.34. The number of fused-ring (bicyclic) bond motifs is 1. The van der Waals surface area contributed by atoms with Gasteiger partial charge in [0.05, 0.1) is 0 Å². The molecule has 0 unspecified atom stereocenters. The van der Waals surface area contributed by atoms with Crippen molar-refractivity contribution >= 4 is 0 Å². The van der Waals surface area contributed by atoms with E-state index in [9.17, 15) is 0 Å². The Morgan fingerprint density at radius 2 is 2.00 bits per heavy atom. The van der Waals surface area contributed by atoms with Gasteiger partial charge in [-0.2, -0.15) is 0 Å². The molecule has 2 heterocycles. The third-order valence-electron chi connectivity index (χ3n) is 3.62. The molecule has 0 fully saturated rings. The quantitative estimate of drug-likeness (QED) is 0.796. The van der Waals surface area contributed by atoms with Gasteiger partial charge < -0.3 is 0 Å². The second kappa shape index (κ2) is 5.18. The van der Waals surface area contributed by atoms with Gasteiger partial charge in [-0.1, -0.05) is 13.8 Å². The monoisotopic (exact) mass is 232 g/mol. The number of hydrogen-bond acceptors (Lipinski definition) is 2. The van der Waals surface area contributed by atoms with Crippen LogP contribution in [0.2, 0.25) is 0 Å². The van der Waals surface area contributed by atoms with E-state index in [1.807, 2.05) is 0 Å². The van der Waals surface area contributed by atoms with Crippen LogP contribution in [-0.2, 0) is 19.4 Å². The van der Waals surface area contributed by atoms with Gasteiger partial charge in [0.25, 0.3) is 0 Å².